The Morgan fingerprint density at radius 1 is 1.50 bits per heavy atom. The highest BCUT2D eigenvalue weighted by Gasteiger charge is 2.00. The molecule has 1 aromatic carbocycles. The first-order valence-electron chi connectivity index (χ1n) is 4.49. The number of benzene rings is 1. The lowest BCUT2D eigenvalue weighted by atomic mass is 10.1. The minimum absolute atomic E-state index is 0.418. The third-order valence-electron chi connectivity index (χ3n) is 1.85. The second kappa shape index (κ2) is 5.17. The molecule has 0 spiro atoms. The van der Waals surface area contributed by atoms with Crippen LogP contribution in [0.2, 0.25) is 0 Å². The molecule has 0 heterocycles. The van der Waals surface area contributed by atoms with E-state index in [1.165, 1.54) is 0 Å². The van der Waals surface area contributed by atoms with Crippen LogP contribution in [0.1, 0.15) is 18.9 Å². The SMILES string of the molecule is CC/C=C\c1cc(N=O)ccc1OC. The van der Waals surface area contributed by atoms with Gasteiger partial charge in [-0.25, -0.2) is 0 Å². The first-order valence-corrected chi connectivity index (χ1v) is 4.49. The van der Waals surface area contributed by atoms with Gasteiger partial charge < -0.3 is 4.74 Å². The highest BCUT2D eigenvalue weighted by Crippen LogP contribution is 2.25. The molecule has 74 valence electrons. The van der Waals surface area contributed by atoms with Gasteiger partial charge in [-0.2, -0.15) is 0 Å². The molecule has 0 saturated heterocycles. The van der Waals surface area contributed by atoms with Gasteiger partial charge in [-0.15, -0.1) is 4.91 Å². The van der Waals surface area contributed by atoms with E-state index < -0.39 is 0 Å². The summed E-state index contributed by atoms with van der Waals surface area (Å²) in [6.07, 6.45) is 4.88. The first kappa shape index (κ1) is 10.4. The summed E-state index contributed by atoms with van der Waals surface area (Å²) in [5.41, 5.74) is 1.30. The molecular weight excluding hydrogens is 178 g/mol. The smallest absolute Gasteiger partial charge is 0.126 e. The fourth-order valence-electron chi connectivity index (χ4n) is 1.15. The largest absolute Gasteiger partial charge is 0.496 e. The van der Waals surface area contributed by atoms with Crippen molar-refractivity contribution in [3.05, 3.63) is 34.7 Å². The van der Waals surface area contributed by atoms with Crippen LogP contribution in [0.15, 0.2) is 29.5 Å². The lowest BCUT2D eigenvalue weighted by molar-refractivity contribution is 0.414. The highest BCUT2D eigenvalue weighted by molar-refractivity contribution is 5.62. The van der Waals surface area contributed by atoms with Crippen LogP contribution in [0.5, 0.6) is 5.75 Å². The summed E-state index contributed by atoms with van der Waals surface area (Å²) in [6, 6.07) is 5.08. The number of ether oxygens (including phenoxy) is 1. The Hall–Kier alpha value is -1.64. The zero-order chi connectivity index (χ0) is 10.4. The maximum absolute atomic E-state index is 10.3. The minimum Gasteiger partial charge on any atom is -0.496 e. The van der Waals surface area contributed by atoms with Gasteiger partial charge in [0.1, 0.15) is 11.4 Å². The van der Waals surface area contributed by atoms with Crippen molar-refractivity contribution in [3.63, 3.8) is 0 Å². The second-order valence-electron chi connectivity index (χ2n) is 2.83. The summed E-state index contributed by atoms with van der Waals surface area (Å²) in [4.78, 5) is 10.3. The maximum Gasteiger partial charge on any atom is 0.126 e. The summed E-state index contributed by atoms with van der Waals surface area (Å²) in [7, 11) is 1.60. The number of hydrogen-bond acceptors (Lipinski definition) is 3. The molecule has 14 heavy (non-hydrogen) atoms. The van der Waals surface area contributed by atoms with Crippen molar-refractivity contribution >= 4 is 11.8 Å². The highest BCUT2D eigenvalue weighted by atomic mass is 16.5. The molecule has 0 fully saturated rings. The van der Waals surface area contributed by atoms with Gasteiger partial charge >= 0.3 is 0 Å². The molecule has 1 aromatic rings. The van der Waals surface area contributed by atoms with Crippen LogP contribution in [-0.4, -0.2) is 7.11 Å². The van der Waals surface area contributed by atoms with Gasteiger partial charge in [0, 0.05) is 5.56 Å². The normalized spacial score (nSPS) is 10.4. The number of rotatable bonds is 4. The zero-order valence-corrected chi connectivity index (χ0v) is 8.36. The number of methoxy groups -OCH3 is 1. The van der Waals surface area contributed by atoms with Gasteiger partial charge in [-0.05, 0) is 29.8 Å². The topological polar surface area (TPSA) is 38.7 Å². The van der Waals surface area contributed by atoms with Crippen LogP contribution in [-0.2, 0) is 0 Å². The molecule has 0 atom stereocenters. The molecule has 0 aliphatic heterocycles. The van der Waals surface area contributed by atoms with Crippen LogP contribution in [0.25, 0.3) is 6.08 Å². The second-order valence-corrected chi connectivity index (χ2v) is 2.83. The van der Waals surface area contributed by atoms with E-state index in [1.54, 1.807) is 25.3 Å². The number of allylic oxidation sites excluding steroid dienone is 1. The Bertz CT molecular complexity index is 345. The fraction of sp³-hybridized carbons (Fsp3) is 0.273. The zero-order valence-electron chi connectivity index (χ0n) is 8.36. The molecule has 0 aromatic heterocycles. The Morgan fingerprint density at radius 3 is 2.86 bits per heavy atom. The Labute approximate surface area is 83.4 Å². The van der Waals surface area contributed by atoms with Crippen molar-refractivity contribution < 1.29 is 4.74 Å². The van der Waals surface area contributed by atoms with Gasteiger partial charge in [-0.1, -0.05) is 19.1 Å². The monoisotopic (exact) mass is 191 g/mol. The summed E-state index contributed by atoms with van der Waals surface area (Å²) in [6.45, 7) is 2.05. The van der Waals surface area contributed by atoms with Crippen molar-refractivity contribution in [1.29, 1.82) is 0 Å². The molecule has 1 rings (SSSR count). The van der Waals surface area contributed by atoms with Gasteiger partial charge in [-0.3, -0.25) is 0 Å². The standard InChI is InChI=1S/C11H13NO2/c1-3-4-5-9-8-10(12-13)6-7-11(9)14-2/h4-8H,3H2,1-2H3/b5-4-. The van der Waals surface area contributed by atoms with Gasteiger partial charge in [0.25, 0.3) is 0 Å². The predicted octanol–water partition coefficient (Wildman–Crippen LogP) is 3.52. The van der Waals surface area contributed by atoms with Gasteiger partial charge in [0.05, 0.1) is 7.11 Å². The van der Waals surface area contributed by atoms with Crippen LogP contribution in [0, 0.1) is 4.91 Å². The van der Waals surface area contributed by atoms with Crippen molar-refractivity contribution in [3.8, 4) is 5.75 Å². The molecule has 0 aliphatic carbocycles. The van der Waals surface area contributed by atoms with E-state index in [0.717, 1.165) is 17.7 Å². The van der Waals surface area contributed by atoms with Gasteiger partial charge in [0.15, 0.2) is 0 Å². The summed E-state index contributed by atoms with van der Waals surface area (Å²) < 4.78 is 5.15. The summed E-state index contributed by atoms with van der Waals surface area (Å²) in [5, 5.41) is 2.88. The van der Waals surface area contributed by atoms with Crippen LogP contribution < -0.4 is 4.74 Å². The van der Waals surface area contributed by atoms with Crippen LogP contribution >= 0.6 is 0 Å². The van der Waals surface area contributed by atoms with Crippen molar-refractivity contribution in [2.24, 2.45) is 5.18 Å². The van der Waals surface area contributed by atoms with E-state index in [2.05, 4.69) is 5.18 Å². The molecule has 0 amide bonds. The van der Waals surface area contributed by atoms with E-state index in [0.29, 0.717) is 5.69 Å². The lowest BCUT2D eigenvalue weighted by Crippen LogP contribution is -1.85. The molecule has 0 N–H and O–H groups in total. The first-order chi connectivity index (χ1) is 6.81. The molecule has 3 heteroatoms. The van der Waals surface area contributed by atoms with Crippen molar-refractivity contribution in [1.82, 2.24) is 0 Å². The molecular formula is C11H13NO2. The summed E-state index contributed by atoms with van der Waals surface area (Å²) >= 11 is 0. The van der Waals surface area contributed by atoms with Gasteiger partial charge in [0.2, 0.25) is 0 Å². The minimum atomic E-state index is 0.418. The van der Waals surface area contributed by atoms with Crippen LogP contribution in [0.3, 0.4) is 0 Å². The Balaban J connectivity index is 3.07. The quantitative estimate of drug-likeness (QED) is 0.683. The van der Waals surface area contributed by atoms with Crippen molar-refractivity contribution in [2.75, 3.05) is 7.11 Å². The average molecular weight is 191 g/mol. The molecule has 0 aliphatic rings. The van der Waals surface area contributed by atoms with E-state index in [-0.39, 0.29) is 0 Å². The Morgan fingerprint density at radius 2 is 2.29 bits per heavy atom. The van der Waals surface area contributed by atoms with E-state index >= 15 is 0 Å². The van der Waals surface area contributed by atoms with Crippen LogP contribution in [0.4, 0.5) is 5.69 Å². The molecule has 0 unspecified atom stereocenters. The third-order valence-corrected chi connectivity index (χ3v) is 1.85. The van der Waals surface area contributed by atoms with E-state index in [4.69, 9.17) is 4.74 Å². The number of nitroso groups, excluding NO2 is 1. The lowest BCUT2D eigenvalue weighted by Gasteiger charge is -2.04. The number of hydrogen-bond donors (Lipinski definition) is 0. The predicted molar refractivity (Wildman–Crippen MR) is 57.8 cm³/mol. The van der Waals surface area contributed by atoms with E-state index in [1.807, 2.05) is 19.1 Å². The van der Waals surface area contributed by atoms with E-state index in [9.17, 15) is 4.91 Å². The average Bonchev–Trinajstić information content (AvgIpc) is 2.25. The maximum atomic E-state index is 10.3. The Kier molecular flexibility index (Phi) is 3.85. The molecule has 0 radical (unpaired) electrons. The molecule has 3 nitrogen and oxygen atoms in total. The van der Waals surface area contributed by atoms with Crippen molar-refractivity contribution in [2.45, 2.75) is 13.3 Å². The molecule has 0 saturated carbocycles. The third kappa shape index (κ3) is 2.42. The molecule has 0 bridgehead atoms. The summed E-state index contributed by atoms with van der Waals surface area (Å²) in [5.74, 6) is 0.752. The number of nitrogens with zero attached hydrogens (tertiary/aromatic N) is 1. The fourth-order valence-corrected chi connectivity index (χ4v) is 1.15.